The lowest BCUT2D eigenvalue weighted by molar-refractivity contribution is -0.141. The monoisotopic (exact) mass is 317 g/mol. The summed E-state index contributed by atoms with van der Waals surface area (Å²) in [5.41, 5.74) is 2.61. The summed E-state index contributed by atoms with van der Waals surface area (Å²) < 4.78 is 0. The molecule has 124 valence electrons. The third kappa shape index (κ3) is 3.25. The van der Waals surface area contributed by atoms with Gasteiger partial charge in [0.1, 0.15) is 0 Å². The molecule has 0 saturated carbocycles. The lowest BCUT2D eigenvalue weighted by atomic mass is 10.1. The zero-order valence-electron chi connectivity index (χ0n) is 13.4. The van der Waals surface area contributed by atoms with Crippen molar-refractivity contribution in [2.75, 3.05) is 31.1 Å². The van der Waals surface area contributed by atoms with Crippen LogP contribution in [0.1, 0.15) is 18.9 Å². The number of urea groups is 1. The lowest BCUT2D eigenvalue weighted by Crippen LogP contribution is -2.43. The van der Waals surface area contributed by atoms with Gasteiger partial charge in [-0.25, -0.2) is 4.79 Å². The average molecular weight is 317 g/mol. The van der Waals surface area contributed by atoms with E-state index in [0.717, 1.165) is 13.0 Å². The van der Waals surface area contributed by atoms with E-state index in [1.54, 1.807) is 4.90 Å². The summed E-state index contributed by atoms with van der Waals surface area (Å²) in [6, 6.07) is 8.66. The van der Waals surface area contributed by atoms with Gasteiger partial charge in [0.15, 0.2) is 0 Å². The fourth-order valence-corrected chi connectivity index (χ4v) is 3.51. The fourth-order valence-electron chi connectivity index (χ4n) is 3.51. The third-order valence-electron chi connectivity index (χ3n) is 4.80. The number of fused-ring (bicyclic) bond motifs is 1. The van der Waals surface area contributed by atoms with Gasteiger partial charge in [-0.1, -0.05) is 18.2 Å². The van der Waals surface area contributed by atoms with Gasteiger partial charge in [-0.3, -0.25) is 4.79 Å². The Kier molecular flexibility index (Phi) is 4.41. The Morgan fingerprint density at radius 1 is 1.35 bits per heavy atom. The van der Waals surface area contributed by atoms with Crippen LogP contribution in [0, 0.1) is 5.92 Å². The molecular formula is C17H23N3O3. The number of para-hydroxylation sites is 1. The van der Waals surface area contributed by atoms with Crippen LogP contribution in [-0.4, -0.2) is 54.2 Å². The number of aliphatic carboxylic acids is 1. The largest absolute Gasteiger partial charge is 0.481 e. The average Bonchev–Trinajstić information content (AvgIpc) is 3.12. The minimum atomic E-state index is -0.817. The number of amides is 2. The van der Waals surface area contributed by atoms with E-state index < -0.39 is 11.9 Å². The van der Waals surface area contributed by atoms with E-state index in [-0.39, 0.29) is 6.03 Å². The van der Waals surface area contributed by atoms with Crippen molar-refractivity contribution in [2.24, 2.45) is 5.92 Å². The van der Waals surface area contributed by atoms with E-state index in [2.05, 4.69) is 35.3 Å². The number of nitrogens with zero attached hydrogens (tertiary/aromatic N) is 2. The Morgan fingerprint density at radius 3 is 2.87 bits per heavy atom. The smallest absolute Gasteiger partial charge is 0.317 e. The van der Waals surface area contributed by atoms with Crippen molar-refractivity contribution >= 4 is 17.7 Å². The number of carbonyl (C=O) groups is 2. The first-order valence-corrected chi connectivity index (χ1v) is 8.16. The van der Waals surface area contributed by atoms with Gasteiger partial charge in [-0.2, -0.15) is 0 Å². The van der Waals surface area contributed by atoms with Crippen molar-refractivity contribution in [3.8, 4) is 0 Å². The molecule has 0 bridgehead atoms. The van der Waals surface area contributed by atoms with Crippen LogP contribution in [0.3, 0.4) is 0 Å². The van der Waals surface area contributed by atoms with Gasteiger partial charge in [-0.15, -0.1) is 0 Å². The van der Waals surface area contributed by atoms with Crippen LogP contribution in [0.4, 0.5) is 10.5 Å². The van der Waals surface area contributed by atoms with Crippen molar-refractivity contribution in [2.45, 2.75) is 25.8 Å². The number of nitrogens with one attached hydrogen (secondary N) is 1. The highest BCUT2D eigenvalue weighted by atomic mass is 16.4. The van der Waals surface area contributed by atoms with Crippen LogP contribution in [0.5, 0.6) is 0 Å². The Labute approximate surface area is 136 Å². The molecule has 2 N–H and O–H groups in total. The Morgan fingerprint density at radius 2 is 2.13 bits per heavy atom. The van der Waals surface area contributed by atoms with E-state index in [0.29, 0.717) is 32.1 Å². The molecule has 0 radical (unpaired) electrons. The standard InChI is InChI=1S/C17H23N3O3/c1-12-10-13-4-2-3-5-15(13)20(12)9-7-18-17(23)19-8-6-14(11-19)16(21)22/h2-5,12,14H,6-11H2,1H3,(H,18,23)(H,21,22). The first-order valence-electron chi connectivity index (χ1n) is 8.16. The molecule has 23 heavy (non-hydrogen) atoms. The summed E-state index contributed by atoms with van der Waals surface area (Å²) in [5.74, 6) is -1.24. The highest BCUT2D eigenvalue weighted by Crippen LogP contribution is 2.31. The number of rotatable bonds is 4. The molecule has 0 spiro atoms. The Bertz CT molecular complexity index is 605. The van der Waals surface area contributed by atoms with Crippen LogP contribution in [0.15, 0.2) is 24.3 Å². The summed E-state index contributed by atoms with van der Waals surface area (Å²) in [6.45, 7) is 4.35. The van der Waals surface area contributed by atoms with Crippen molar-refractivity contribution in [3.63, 3.8) is 0 Å². The normalized spacial score (nSPS) is 23.0. The maximum absolute atomic E-state index is 12.1. The van der Waals surface area contributed by atoms with E-state index in [1.807, 2.05) is 6.07 Å². The molecule has 1 aromatic carbocycles. The number of carbonyl (C=O) groups excluding carboxylic acids is 1. The molecule has 6 heteroatoms. The molecule has 2 amide bonds. The molecule has 2 aliphatic rings. The second-order valence-electron chi connectivity index (χ2n) is 6.38. The van der Waals surface area contributed by atoms with Gasteiger partial charge in [0.25, 0.3) is 0 Å². The Balaban J connectivity index is 1.48. The SMILES string of the molecule is CC1Cc2ccccc2N1CCNC(=O)N1CCC(C(=O)O)C1. The Hall–Kier alpha value is -2.24. The quantitative estimate of drug-likeness (QED) is 0.884. The molecule has 3 rings (SSSR count). The van der Waals surface area contributed by atoms with Crippen molar-refractivity contribution in [1.29, 1.82) is 0 Å². The molecule has 2 unspecified atom stereocenters. The van der Waals surface area contributed by atoms with Crippen LogP contribution < -0.4 is 10.2 Å². The zero-order valence-corrected chi connectivity index (χ0v) is 13.4. The molecule has 1 aromatic rings. The van der Waals surface area contributed by atoms with Crippen LogP contribution >= 0.6 is 0 Å². The predicted molar refractivity (Wildman–Crippen MR) is 87.7 cm³/mol. The van der Waals surface area contributed by atoms with Crippen LogP contribution in [0.2, 0.25) is 0 Å². The summed E-state index contributed by atoms with van der Waals surface area (Å²) in [7, 11) is 0. The third-order valence-corrected chi connectivity index (χ3v) is 4.80. The molecule has 0 aliphatic carbocycles. The van der Waals surface area contributed by atoms with E-state index in [9.17, 15) is 9.59 Å². The molecule has 2 heterocycles. The second kappa shape index (κ2) is 6.48. The summed E-state index contributed by atoms with van der Waals surface area (Å²) >= 11 is 0. The van der Waals surface area contributed by atoms with E-state index >= 15 is 0 Å². The number of hydrogen-bond donors (Lipinski definition) is 2. The topological polar surface area (TPSA) is 72.9 Å². The van der Waals surface area contributed by atoms with Crippen LogP contribution in [0.25, 0.3) is 0 Å². The molecule has 1 saturated heterocycles. The molecule has 2 atom stereocenters. The van der Waals surface area contributed by atoms with Gasteiger partial charge in [-0.05, 0) is 31.4 Å². The number of likely N-dealkylation sites (tertiary alicyclic amines) is 1. The van der Waals surface area contributed by atoms with Gasteiger partial charge >= 0.3 is 12.0 Å². The number of carboxylic acids is 1. The maximum Gasteiger partial charge on any atom is 0.317 e. The maximum atomic E-state index is 12.1. The number of carboxylic acid groups (broad SMARTS) is 1. The second-order valence-corrected chi connectivity index (χ2v) is 6.38. The fraction of sp³-hybridized carbons (Fsp3) is 0.529. The highest BCUT2D eigenvalue weighted by Gasteiger charge is 2.31. The van der Waals surface area contributed by atoms with E-state index in [1.165, 1.54) is 11.3 Å². The van der Waals surface area contributed by atoms with Crippen LogP contribution in [-0.2, 0) is 11.2 Å². The summed E-state index contributed by atoms with van der Waals surface area (Å²) in [4.78, 5) is 27.0. The lowest BCUT2D eigenvalue weighted by Gasteiger charge is -2.25. The van der Waals surface area contributed by atoms with Crippen molar-refractivity contribution < 1.29 is 14.7 Å². The minimum absolute atomic E-state index is 0.158. The minimum Gasteiger partial charge on any atom is -0.481 e. The summed E-state index contributed by atoms with van der Waals surface area (Å²) in [6.07, 6.45) is 1.58. The van der Waals surface area contributed by atoms with Gasteiger partial charge < -0.3 is 20.2 Å². The number of anilines is 1. The highest BCUT2D eigenvalue weighted by molar-refractivity contribution is 5.77. The molecule has 0 aromatic heterocycles. The first-order chi connectivity index (χ1) is 11.1. The van der Waals surface area contributed by atoms with Gasteiger partial charge in [0, 0.05) is 37.9 Å². The summed E-state index contributed by atoms with van der Waals surface area (Å²) in [5, 5.41) is 11.9. The number of hydrogen-bond acceptors (Lipinski definition) is 3. The molecule has 6 nitrogen and oxygen atoms in total. The molecular weight excluding hydrogens is 294 g/mol. The number of benzene rings is 1. The first kappa shape index (κ1) is 15.6. The van der Waals surface area contributed by atoms with Gasteiger partial charge in [0.2, 0.25) is 0 Å². The molecule has 1 fully saturated rings. The van der Waals surface area contributed by atoms with Crippen molar-refractivity contribution in [3.05, 3.63) is 29.8 Å². The predicted octanol–water partition coefficient (Wildman–Crippen LogP) is 1.55. The van der Waals surface area contributed by atoms with Crippen molar-refractivity contribution in [1.82, 2.24) is 10.2 Å². The van der Waals surface area contributed by atoms with E-state index in [4.69, 9.17) is 5.11 Å². The molecule has 2 aliphatic heterocycles. The van der Waals surface area contributed by atoms with Gasteiger partial charge in [0.05, 0.1) is 5.92 Å². The zero-order chi connectivity index (χ0) is 16.4.